The fraction of sp³-hybridized carbons (Fsp3) is 0.579. The van der Waals surface area contributed by atoms with E-state index in [2.05, 4.69) is 39.8 Å². The van der Waals surface area contributed by atoms with Crippen LogP contribution in [0.3, 0.4) is 0 Å². The van der Waals surface area contributed by atoms with E-state index in [0.717, 1.165) is 32.4 Å². The van der Waals surface area contributed by atoms with Crippen molar-refractivity contribution in [3.63, 3.8) is 0 Å². The number of nitrogens with one attached hydrogen (secondary N) is 2. The molecule has 1 saturated carbocycles. The molecule has 2 amide bonds. The van der Waals surface area contributed by atoms with Crippen LogP contribution in [0.25, 0.3) is 0 Å². The number of hydrogen-bond acceptors (Lipinski definition) is 3. The van der Waals surface area contributed by atoms with Crippen molar-refractivity contribution in [3.8, 4) is 0 Å². The van der Waals surface area contributed by atoms with Gasteiger partial charge in [-0.15, -0.1) is 0 Å². The summed E-state index contributed by atoms with van der Waals surface area (Å²) < 4.78 is 0. The summed E-state index contributed by atoms with van der Waals surface area (Å²) in [4.78, 5) is 25.7. The van der Waals surface area contributed by atoms with Gasteiger partial charge >= 0.3 is 11.8 Å². The van der Waals surface area contributed by atoms with Gasteiger partial charge in [0, 0.05) is 31.4 Å². The van der Waals surface area contributed by atoms with E-state index in [1.54, 1.807) is 0 Å². The van der Waals surface area contributed by atoms with E-state index in [9.17, 15) is 9.59 Å². The molecule has 24 heavy (non-hydrogen) atoms. The monoisotopic (exact) mass is 329 g/mol. The number of rotatable bonds is 5. The molecule has 0 aromatic heterocycles. The van der Waals surface area contributed by atoms with Gasteiger partial charge in [0.1, 0.15) is 0 Å². The number of benzene rings is 1. The number of carbonyl (C=O) groups is 2. The van der Waals surface area contributed by atoms with Crippen molar-refractivity contribution in [3.05, 3.63) is 29.8 Å². The van der Waals surface area contributed by atoms with Gasteiger partial charge in [-0.1, -0.05) is 25.0 Å². The lowest BCUT2D eigenvalue weighted by molar-refractivity contribution is -0.139. The molecule has 0 bridgehead atoms. The second-order valence-corrected chi connectivity index (χ2v) is 6.82. The highest BCUT2D eigenvalue weighted by atomic mass is 16.2. The van der Waals surface area contributed by atoms with Gasteiger partial charge in [-0.3, -0.25) is 9.59 Å². The first kappa shape index (κ1) is 16.8. The largest absolute Gasteiger partial charge is 0.372 e. The molecule has 1 aliphatic heterocycles. The summed E-state index contributed by atoms with van der Waals surface area (Å²) >= 11 is 0. The molecular weight excluding hydrogens is 302 g/mol. The first-order valence-electron chi connectivity index (χ1n) is 9.15. The fourth-order valence-corrected chi connectivity index (χ4v) is 3.08. The molecule has 1 heterocycles. The second-order valence-electron chi connectivity index (χ2n) is 6.82. The third kappa shape index (κ3) is 4.98. The lowest BCUT2D eigenvalue weighted by atomic mass is 10.1. The Morgan fingerprint density at radius 1 is 0.958 bits per heavy atom. The van der Waals surface area contributed by atoms with E-state index >= 15 is 0 Å². The number of nitrogens with zero attached hydrogens (tertiary/aromatic N) is 1. The van der Waals surface area contributed by atoms with Crippen molar-refractivity contribution in [1.29, 1.82) is 0 Å². The molecule has 0 unspecified atom stereocenters. The predicted octanol–water partition coefficient (Wildman–Crippen LogP) is 2.00. The standard InChI is InChI=1S/C19H27N3O2/c23-18(19(24)21-16-7-8-16)20-12-11-15-5-9-17(10-6-15)22-13-3-1-2-4-14-22/h5-6,9-10,16H,1-4,7-8,11-14H2,(H,20,23)(H,21,24). The highest BCUT2D eigenvalue weighted by Gasteiger charge is 2.26. The maximum Gasteiger partial charge on any atom is 0.309 e. The third-order valence-corrected chi connectivity index (χ3v) is 4.73. The summed E-state index contributed by atoms with van der Waals surface area (Å²) in [7, 11) is 0. The summed E-state index contributed by atoms with van der Waals surface area (Å²) in [6.07, 6.45) is 7.94. The normalized spacial score (nSPS) is 17.9. The van der Waals surface area contributed by atoms with Crippen molar-refractivity contribution < 1.29 is 9.59 Å². The molecule has 1 aliphatic carbocycles. The van der Waals surface area contributed by atoms with Crippen molar-refractivity contribution >= 4 is 17.5 Å². The highest BCUT2D eigenvalue weighted by molar-refractivity contribution is 6.35. The van der Waals surface area contributed by atoms with E-state index in [1.807, 2.05) is 0 Å². The predicted molar refractivity (Wildman–Crippen MR) is 95.0 cm³/mol. The van der Waals surface area contributed by atoms with E-state index in [4.69, 9.17) is 0 Å². The van der Waals surface area contributed by atoms with Crippen LogP contribution in [0.5, 0.6) is 0 Å². The van der Waals surface area contributed by atoms with Gasteiger partial charge < -0.3 is 15.5 Å². The lowest BCUT2D eigenvalue weighted by Gasteiger charge is -2.22. The molecule has 2 aliphatic rings. The number of hydrogen-bond donors (Lipinski definition) is 2. The zero-order valence-electron chi connectivity index (χ0n) is 14.2. The van der Waals surface area contributed by atoms with Crippen LogP contribution in [-0.2, 0) is 16.0 Å². The Hall–Kier alpha value is -2.04. The molecule has 130 valence electrons. The smallest absolute Gasteiger partial charge is 0.309 e. The zero-order valence-corrected chi connectivity index (χ0v) is 14.2. The van der Waals surface area contributed by atoms with Crippen LogP contribution in [0.15, 0.2) is 24.3 Å². The second kappa shape index (κ2) is 8.18. The summed E-state index contributed by atoms with van der Waals surface area (Å²) in [6.45, 7) is 2.77. The third-order valence-electron chi connectivity index (χ3n) is 4.73. The van der Waals surface area contributed by atoms with Gasteiger partial charge in [-0.05, 0) is 49.8 Å². The number of carbonyl (C=O) groups excluding carboxylic acids is 2. The first-order chi connectivity index (χ1) is 11.7. The Morgan fingerprint density at radius 2 is 1.62 bits per heavy atom. The lowest BCUT2D eigenvalue weighted by Crippen LogP contribution is -2.41. The van der Waals surface area contributed by atoms with Gasteiger partial charge in [0.05, 0.1) is 0 Å². The Kier molecular flexibility index (Phi) is 5.72. The van der Waals surface area contributed by atoms with E-state index in [0.29, 0.717) is 6.54 Å². The van der Waals surface area contributed by atoms with Crippen LogP contribution in [0.1, 0.15) is 44.1 Å². The molecular formula is C19H27N3O2. The Bertz CT molecular complexity index is 558. The number of amides is 2. The number of anilines is 1. The van der Waals surface area contributed by atoms with Crippen molar-refractivity contribution in [2.24, 2.45) is 0 Å². The molecule has 1 aromatic carbocycles. The van der Waals surface area contributed by atoms with Crippen LogP contribution < -0.4 is 15.5 Å². The molecule has 2 fully saturated rings. The molecule has 3 rings (SSSR count). The maximum absolute atomic E-state index is 11.7. The van der Waals surface area contributed by atoms with Crippen LogP contribution >= 0.6 is 0 Å². The average molecular weight is 329 g/mol. The molecule has 2 N–H and O–H groups in total. The van der Waals surface area contributed by atoms with E-state index in [1.165, 1.54) is 36.9 Å². The molecule has 0 radical (unpaired) electrons. The maximum atomic E-state index is 11.7. The first-order valence-corrected chi connectivity index (χ1v) is 9.15. The Morgan fingerprint density at radius 3 is 2.25 bits per heavy atom. The minimum absolute atomic E-state index is 0.217. The van der Waals surface area contributed by atoms with Crippen LogP contribution in [0.4, 0.5) is 5.69 Å². The minimum atomic E-state index is -0.525. The topological polar surface area (TPSA) is 61.4 Å². The summed E-state index contributed by atoms with van der Waals surface area (Å²) in [6, 6.07) is 8.80. The van der Waals surface area contributed by atoms with Gasteiger partial charge in [0.25, 0.3) is 0 Å². The molecule has 0 atom stereocenters. The quantitative estimate of drug-likeness (QED) is 0.812. The zero-order chi connectivity index (χ0) is 16.8. The van der Waals surface area contributed by atoms with Crippen molar-refractivity contribution in [2.75, 3.05) is 24.5 Å². The molecule has 5 heteroatoms. The molecule has 1 saturated heterocycles. The average Bonchev–Trinajstić information content (AvgIpc) is 3.42. The molecule has 1 aromatic rings. The molecule has 5 nitrogen and oxygen atoms in total. The van der Waals surface area contributed by atoms with Gasteiger partial charge in [0.15, 0.2) is 0 Å². The summed E-state index contributed by atoms with van der Waals surface area (Å²) in [5.41, 5.74) is 2.46. The SMILES string of the molecule is O=C(NCCc1ccc(N2CCCCCC2)cc1)C(=O)NC1CC1. The fourth-order valence-electron chi connectivity index (χ4n) is 3.08. The van der Waals surface area contributed by atoms with Crippen LogP contribution in [-0.4, -0.2) is 37.5 Å². The van der Waals surface area contributed by atoms with E-state index < -0.39 is 11.8 Å². The van der Waals surface area contributed by atoms with Crippen LogP contribution in [0.2, 0.25) is 0 Å². The van der Waals surface area contributed by atoms with E-state index in [-0.39, 0.29) is 6.04 Å². The van der Waals surface area contributed by atoms with Crippen LogP contribution in [0, 0.1) is 0 Å². The van der Waals surface area contributed by atoms with Crippen molar-refractivity contribution in [2.45, 2.75) is 51.0 Å². The van der Waals surface area contributed by atoms with Crippen molar-refractivity contribution in [1.82, 2.24) is 10.6 Å². The van der Waals surface area contributed by atoms with Gasteiger partial charge in [-0.25, -0.2) is 0 Å². The molecule has 0 spiro atoms. The minimum Gasteiger partial charge on any atom is -0.372 e. The van der Waals surface area contributed by atoms with Gasteiger partial charge in [-0.2, -0.15) is 0 Å². The summed E-state index contributed by atoms with van der Waals surface area (Å²) in [5.74, 6) is -1.03. The highest BCUT2D eigenvalue weighted by Crippen LogP contribution is 2.20. The van der Waals surface area contributed by atoms with Gasteiger partial charge in [0.2, 0.25) is 0 Å². The Labute approximate surface area is 143 Å². The Balaban J connectivity index is 1.42. The summed E-state index contributed by atoms with van der Waals surface area (Å²) in [5, 5.41) is 5.38.